The third-order valence-electron chi connectivity index (χ3n) is 1.66. The molecule has 0 unspecified atom stereocenters. The number of rotatable bonds is 4. The van der Waals surface area contributed by atoms with E-state index in [9.17, 15) is 0 Å². The Morgan fingerprint density at radius 1 is 1.58 bits per heavy atom. The van der Waals surface area contributed by atoms with Gasteiger partial charge >= 0.3 is 0 Å². The third-order valence-corrected chi connectivity index (χ3v) is 1.66. The summed E-state index contributed by atoms with van der Waals surface area (Å²) in [6.45, 7) is 4.31. The molecule has 1 rings (SSSR count). The molecule has 0 aromatic carbocycles. The van der Waals surface area contributed by atoms with Gasteiger partial charge in [0.25, 0.3) is 0 Å². The maximum Gasteiger partial charge on any atom is 0.245 e. The van der Waals surface area contributed by atoms with E-state index < -0.39 is 0 Å². The predicted octanol–water partition coefficient (Wildman–Crippen LogP) is -1.00. The molecule has 0 spiro atoms. The van der Waals surface area contributed by atoms with Crippen molar-refractivity contribution in [3.05, 3.63) is 0 Å². The first-order chi connectivity index (χ1) is 5.79. The monoisotopic (exact) mass is 170 g/mol. The van der Waals surface area contributed by atoms with Gasteiger partial charge in [-0.15, -0.1) is 0 Å². The molecule has 6 nitrogen and oxygen atoms in total. The van der Waals surface area contributed by atoms with Crippen molar-refractivity contribution in [1.82, 2.24) is 20.2 Å². The lowest BCUT2D eigenvalue weighted by Crippen LogP contribution is -2.31. The van der Waals surface area contributed by atoms with Gasteiger partial charge in [0.15, 0.2) is 0 Å². The van der Waals surface area contributed by atoms with Crippen LogP contribution in [-0.4, -0.2) is 39.8 Å². The molecule has 0 aliphatic heterocycles. The Kier molecular flexibility index (Phi) is 2.98. The van der Waals surface area contributed by atoms with Crippen LogP contribution in [-0.2, 0) is 7.05 Å². The summed E-state index contributed by atoms with van der Waals surface area (Å²) >= 11 is 0. The van der Waals surface area contributed by atoms with Gasteiger partial charge in [-0.3, -0.25) is 0 Å². The lowest BCUT2D eigenvalue weighted by molar-refractivity contribution is 0.683. The highest BCUT2D eigenvalue weighted by Crippen LogP contribution is 2.04. The van der Waals surface area contributed by atoms with E-state index in [1.165, 1.54) is 0 Å². The SMILES string of the molecule is CCN(CCN)c1nnnn1C. The molecule has 0 saturated carbocycles. The fourth-order valence-electron chi connectivity index (χ4n) is 1.05. The van der Waals surface area contributed by atoms with Crippen LogP contribution in [0.4, 0.5) is 5.95 Å². The second kappa shape index (κ2) is 4.01. The number of hydrogen-bond donors (Lipinski definition) is 1. The van der Waals surface area contributed by atoms with E-state index in [2.05, 4.69) is 15.5 Å². The number of tetrazole rings is 1. The number of anilines is 1. The summed E-state index contributed by atoms with van der Waals surface area (Å²) in [5.41, 5.74) is 5.44. The average molecular weight is 170 g/mol. The van der Waals surface area contributed by atoms with Crippen molar-refractivity contribution in [3.63, 3.8) is 0 Å². The van der Waals surface area contributed by atoms with E-state index in [0.29, 0.717) is 6.54 Å². The second-order valence-corrected chi connectivity index (χ2v) is 2.47. The Morgan fingerprint density at radius 3 is 2.75 bits per heavy atom. The molecule has 0 fully saturated rings. The number of aryl methyl sites for hydroxylation is 1. The Balaban J connectivity index is 2.72. The van der Waals surface area contributed by atoms with Crippen LogP contribution < -0.4 is 10.6 Å². The van der Waals surface area contributed by atoms with Crippen molar-refractivity contribution < 1.29 is 0 Å². The first kappa shape index (κ1) is 8.92. The van der Waals surface area contributed by atoms with Crippen LogP contribution in [0.3, 0.4) is 0 Å². The first-order valence-corrected chi connectivity index (χ1v) is 3.97. The Hall–Kier alpha value is -1.17. The first-order valence-electron chi connectivity index (χ1n) is 3.97. The van der Waals surface area contributed by atoms with E-state index in [4.69, 9.17) is 5.73 Å². The van der Waals surface area contributed by atoms with Gasteiger partial charge in [-0.25, -0.2) is 4.68 Å². The highest BCUT2D eigenvalue weighted by Gasteiger charge is 2.08. The topological polar surface area (TPSA) is 72.9 Å². The van der Waals surface area contributed by atoms with Crippen molar-refractivity contribution in [2.24, 2.45) is 12.8 Å². The fourth-order valence-corrected chi connectivity index (χ4v) is 1.05. The summed E-state index contributed by atoms with van der Waals surface area (Å²) < 4.78 is 1.64. The number of hydrogen-bond acceptors (Lipinski definition) is 5. The zero-order chi connectivity index (χ0) is 8.97. The third kappa shape index (κ3) is 1.70. The molecule has 0 atom stereocenters. The van der Waals surface area contributed by atoms with E-state index >= 15 is 0 Å². The van der Waals surface area contributed by atoms with Crippen LogP contribution in [0, 0.1) is 0 Å². The molecule has 1 aromatic heterocycles. The minimum atomic E-state index is 0.612. The zero-order valence-corrected chi connectivity index (χ0v) is 7.43. The van der Waals surface area contributed by atoms with Gasteiger partial charge in [-0.05, 0) is 17.4 Å². The molecule has 1 aromatic rings. The van der Waals surface area contributed by atoms with Gasteiger partial charge in [0.05, 0.1) is 0 Å². The fraction of sp³-hybridized carbons (Fsp3) is 0.833. The molecule has 1 heterocycles. The molecule has 6 heteroatoms. The summed E-state index contributed by atoms with van der Waals surface area (Å²) in [5, 5.41) is 11.2. The van der Waals surface area contributed by atoms with E-state index in [1.807, 2.05) is 18.9 Å². The summed E-state index contributed by atoms with van der Waals surface area (Å²) in [6, 6.07) is 0. The van der Waals surface area contributed by atoms with E-state index in [0.717, 1.165) is 19.0 Å². The van der Waals surface area contributed by atoms with Crippen LogP contribution in [0.1, 0.15) is 6.92 Å². The van der Waals surface area contributed by atoms with E-state index in [1.54, 1.807) is 4.68 Å². The molecule has 0 saturated heterocycles. The molecule has 0 amide bonds. The van der Waals surface area contributed by atoms with Crippen molar-refractivity contribution >= 4 is 5.95 Å². The summed E-state index contributed by atoms with van der Waals surface area (Å²) in [7, 11) is 1.81. The summed E-state index contributed by atoms with van der Waals surface area (Å²) in [6.07, 6.45) is 0. The highest BCUT2D eigenvalue weighted by atomic mass is 15.6. The minimum Gasteiger partial charge on any atom is -0.339 e. The number of nitrogens with zero attached hydrogens (tertiary/aromatic N) is 5. The lowest BCUT2D eigenvalue weighted by atomic mass is 10.5. The van der Waals surface area contributed by atoms with Crippen LogP contribution in [0.25, 0.3) is 0 Å². The van der Waals surface area contributed by atoms with Crippen molar-refractivity contribution in [1.29, 1.82) is 0 Å². The molecular weight excluding hydrogens is 156 g/mol. The standard InChI is InChI=1S/C6H14N6/c1-3-12(5-4-7)6-8-9-10-11(6)2/h3-5,7H2,1-2H3. The molecule has 0 aliphatic carbocycles. The normalized spacial score (nSPS) is 10.2. The summed E-state index contributed by atoms with van der Waals surface area (Å²) in [5.74, 6) is 0.767. The van der Waals surface area contributed by atoms with Gasteiger partial charge in [-0.1, -0.05) is 5.10 Å². The largest absolute Gasteiger partial charge is 0.339 e. The molecule has 2 N–H and O–H groups in total. The lowest BCUT2D eigenvalue weighted by Gasteiger charge is -2.18. The van der Waals surface area contributed by atoms with Crippen LogP contribution in [0.2, 0.25) is 0 Å². The highest BCUT2D eigenvalue weighted by molar-refractivity contribution is 5.26. The maximum absolute atomic E-state index is 5.44. The van der Waals surface area contributed by atoms with Crippen LogP contribution in [0.15, 0.2) is 0 Å². The van der Waals surface area contributed by atoms with Crippen molar-refractivity contribution in [3.8, 4) is 0 Å². The van der Waals surface area contributed by atoms with Gasteiger partial charge in [0.1, 0.15) is 0 Å². The zero-order valence-electron chi connectivity index (χ0n) is 7.43. The quantitative estimate of drug-likeness (QED) is 0.627. The summed E-state index contributed by atoms with van der Waals surface area (Å²) in [4.78, 5) is 2.03. The van der Waals surface area contributed by atoms with Crippen molar-refractivity contribution in [2.45, 2.75) is 6.92 Å². The molecule has 0 radical (unpaired) electrons. The van der Waals surface area contributed by atoms with E-state index in [-0.39, 0.29) is 0 Å². The second-order valence-electron chi connectivity index (χ2n) is 2.47. The minimum absolute atomic E-state index is 0.612. The van der Waals surface area contributed by atoms with Gasteiger partial charge < -0.3 is 10.6 Å². The molecule has 0 bridgehead atoms. The number of nitrogens with two attached hydrogens (primary N) is 1. The maximum atomic E-state index is 5.44. The predicted molar refractivity (Wildman–Crippen MR) is 45.7 cm³/mol. The Bertz CT molecular complexity index is 232. The number of aromatic nitrogens is 4. The van der Waals surface area contributed by atoms with Crippen molar-refractivity contribution in [2.75, 3.05) is 24.5 Å². The Labute approximate surface area is 71.3 Å². The molecule has 0 aliphatic rings. The number of likely N-dealkylation sites (N-methyl/N-ethyl adjacent to an activating group) is 1. The molecule has 68 valence electrons. The van der Waals surface area contributed by atoms with Crippen LogP contribution in [0.5, 0.6) is 0 Å². The van der Waals surface area contributed by atoms with Gasteiger partial charge in [0, 0.05) is 26.7 Å². The average Bonchev–Trinajstić information content (AvgIpc) is 2.47. The van der Waals surface area contributed by atoms with Gasteiger partial charge in [0.2, 0.25) is 5.95 Å². The molecular formula is C6H14N6. The Morgan fingerprint density at radius 2 is 2.33 bits per heavy atom. The van der Waals surface area contributed by atoms with Crippen LogP contribution >= 0.6 is 0 Å². The smallest absolute Gasteiger partial charge is 0.245 e. The molecule has 12 heavy (non-hydrogen) atoms. The van der Waals surface area contributed by atoms with Gasteiger partial charge in [-0.2, -0.15) is 0 Å².